The predicted molar refractivity (Wildman–Crippen MR) is 97.0 cm³/mol. The molecule has 0 bridgehead atoms. The van der Waals surface area contributed by atoms with Gasteiger partial charge in [0.25, 0.3) is 5.91 Å². The van der Waals surface area contributed by atoms with Gasteiger partial charge in [-0.2, -0.15) is 0 Å². The Hall–Kier alpha value is -2.89. The zero-order chi connectivity index (χ0) is 17.5. The van der Waals surface area contributed by atoms with Crippen LogP contribution < -0.4 is 10.8 Å². The standard InChI is InChI=1S/C20H20N2O3/c23-20(22-24)8-6-15-1-3-17(4-2-15)14-21-11-9-16-5-7-18-10-12-25-19(18)13-16/h1-8,10,12-13,21,24H,9,11,14H2,(H,22,23)/b8-6+. The van der Waals surface area contributed by atoms with Crippen molar-refractivity contribution >= 4 is 23.0 Å². The van der Waals surface area contributed by atoms with Crippen LogP contribution in [0.1, 0.15) is 16.7 Å². The summed E-state index contributed by atoms with van der Waals surface area (Å²) in [6.07, 6.45) is 5.58. The predicted octanol–water partition coefficient (Wildman–Crippen LogP) is 3.28. The highest BCUT2D eigenvalue weighted by atomic mass is 16.5. The maximum absolute atomic E-state index is 10.9. The number of furan rings is 1. The number of hydroxylamine groups is 1. The van der Waals surface area contributed by atoms with E-state index in [1.54, 1.807) is 17.8 Å². The quantitative estimate of drug-likeness (QED) is 0.268. The van der Waals surface area contributed by atoms with E-state index >= 15 is 0 Å². The number of benzene rings is 2. The summed E-state index contributed by atoms with van der Waals surface area (Å²) in [6, 6.07) is 16.1. The SMILES string of the molecule is O=C(/C=C/c1ccc(CNCCc2ccc3ccoc3c2)cc1)NO. The number of carbonyl (C=O) groups excluding carboxylic acids is 1. The Labute approximate surface area is 145 Å². The molecule has 0 radical (unpaired) electrons. The van der Waals surface area contributed by atoms with E-state index in [1.165, 1.54) is 17.2 Å². The minimum atomic E-state index is -0.543. The molecular weight excluding hydrogens is 316 g/mol. The summed E-state index contributed by atoms with van der Waals surface area (Å²) in [5.41, 5.74) is 5.81. The summed E-state index contributed by atoms with van der Waals surface area (Å²) in [5, 5.41) is 13.0. The van der Waals surface area contributed by atoms with Crippen LogP contribution in [0, 0.1) is 0 Å². The molecule has 3 rings (SSSR count). The summed E-state index contributed by atoms with van der Waals surface area (Å²) >= 11 is 0. The van der Waals surface area contributed by atoms with E-state index < -0.39 is 5.91 Å². The van der Waals surface area contributed by atoms with E-state index in [2.05, 4.69) is 23.5 Å². The largest absolute Gasteiger partial charge is 0.464 e. The molecule has 128 valence electrons. The van der Waals surface area contributed by atoms with Gasteiger partial charge >= 0.3 is 0 Å². The summed E-state index contributed by atoms with van der Waals surface area (Å²) in [6.45, 7) is 1.66. The zero-order valence-corrected chi connectivity index (χ0v) is 13.7. The second-order valence-corrected chi connectivity index (χ2v) is 5.77. The van der Waals surface area contributed by atoms with Crippen LogP contribution in [-0.2, 0) is 17.8 Å². The first-order valence-electron chi connectivity index (χ1n) is 8.12. The van der Waals surface area contributed by atoms with Crippen LogP contribution in [-0.4, -0.2) is 17.7 Å². The smallest absolute Gasteiger partial charge is 0.267 e. The molecule has 5 nitrogen and oxygen atoms in total. The molecule has 2 aromatic carbocycles. The molecule has 0 aliphatic rings. The normalized spacial score (nSPS) is 11.2. The Morgan fingerprint density at radius 3 is 2.68 bits per heavy atom. The van der Waals surface area contributed by atoms with Gasteiger partial charge in [0.05, 0.1) is 6.26 Å². The Morgan fingerprint density at radius 2 is 1.88 bits per heavy atom. The molecule has 5 heteroatoms. The fraction of sp³-hybridized carbons (Fsp3) is 0.150. The fourth-order valence-electron chi connectivity index (χ4n) is 2.58. The molecule has 1 heterocycles. The average Bonchev–Trinajstić information content (AvgIpc) is 3.12. The van der Waals surface area contributed by atoms with E-state index in [1.807, 2.05) is 30.3 Å². The first-order valence-corrected chi connectivity index (χ1v) is 8.12. The van der Waals surface area contributed by atoms with Crippen molar-refractivity contribution in [3.63, 3.8) is 0 Å². The van der Waals surface area contributed by atoms with Crippen LogP contribution in [0.2, 0.25) is 0 Å². The Kier molecular flexibility index (Phi) is 5.61. The molecule has 3 N–H and O–H groups in total. The molecule has 0 aliphatic heterocycles. The highest BCUT2D eigenvalue weighted by molar-refractivity contribution is 5.90. The van der Waals surface area contributed by atoms with Crippen molar-refractivity contribution in [2.45, 2.75) is 13.0 Å². The molecule has 0 aliphatic carbocycles. The summed E-state index contributed by atoms with van der Waals surface area (Å²) < 4.78 is 5.42. The third-order valence-electron chi connectivity index (χ3n) is 3.96. The second kappa shape index (κ2) is 8.28. The summed E-state index contributed by atoms with van der Waals surface area (Å²) in [4.78, 5) is 10.9. The monoisotopic (exact) mass is 336 g/mol. The topological polar surface area (TPSA) is 74.5 Å². The summed E-state index contributed by atoms with van der Waals surface area (Å²) in [7, 11) is 0. The zero-order valence-electron chi connectivity index (χ0n) is 13.7. The highest BCUT2D eigenvalue weighted by Crippen LogP contribution is 2.17. The van der Waals surface area contributed by atoms with E-state index in [0.717, 1.165) is 36.0 Å². The lowest BCUT2D eigenvalue weighted by Gasteiger charge is -2.06. The van der Waals surface area contributed by atoms with Gasteiger partial charge in [-0.25, -0.2) is 5.48 Å². The number of nitrogens with one attached hydrogen (secondary N) is 2. The van der Waals surface area contributed by atoms with Gasteiger partial charge in [0, 0.05) is 18.0 Å². The van der Waals surface area contributed by atoms with E-state index in [4.69, 9.17) is 9.62 Å². The van der Waals surface area contributed by atoms with Crippen LogP contribution in [0.25, 0.3) is 17.0 Å². The second-order valence-electron chi connectivity index (χ2n) is 5.77. The molecule has 0 saturated heterocycles. The third-order valence-corrected chi connectivity index (χ3v) is 3.96. The van der Waals surface area contributed by atoms with E-state index in [0.29, 0.717) is 0 Å². The van der Waals surface area contributed by atoms with Gasteiger partial charge in [-0.15, -0.1) is 0 Å². The van der Waals surface area contributed by atoms with Gasteiger partial charge in [0.15, 0.2) is 0 Å². The van der Waals surface area contributed by atoms with Crippen LogP contribution in [0.3, 0.4) is 0 Å². The number of carbonyl (C=O) groups is 1. The van der Waals surface area contributed by atoms with E-state index in [9.17, 15) is 4.79 Å². The van der Waals surface area contributed by atoms with Gasteiger partial charge in [-0.1, -0.05) is 36.4 Å². The van der Waals surface area contributed by atoms with Crippen molar-refractivity contribution in [1.29, 1.82) is 0 Å². The molecule has 3 aromatic rings. The molecule has 0 atom stereocenters. The first kappa shape index (κ1) is 17.0. The van der Waals surface area contributed by atoms with Gasteiger partial charge < -0.3 is 9.73 Å². The maximum Gasteiger partial charge on any atom is 0.267 e. The van der Waals surface area contributed by atoms with Crippen LogP contribution in [0.5, 0.6) is 0 Å². The van der Waals surface area contributed by atoms with Crippen molar-refractivity contribution in [1.82, 2.24) is 10.8 Å². The molecule has 1 amide bonds. The van der Waals surface area contributed by atoms with Crippen molar-refractivity contribution < 1.29 is 14.4 Å². The van der Waals surface area contributed by atoms with Crippen LogP contribution in [0.15, 0.2) is 65.3 Å². The van der Waals surface area contributed by atoms with Gasteiger partial charge in [-0.3, -0.25) is 10.0 Å². The van der Waals surface area contributed by atoms with E-state index in [-0.39, 0.29) is 0 Å². The fourth-order valence-corrected chi connectivity index (χ4v) is 2.58. The molecule has 1 aromatic heterocycles. The lowest BCUT2D eigenvalue weighted by Crippen LogP contribution is -2.16. The number of amides is 1. The Bertz CT molecular complexity index is 866. The molecule has 0 fully saturated rings. The first-order chi connectivity index (χ1) is 12.2. The van der Waals surface area contributed by atoms with Gasteiger partial charge in [0.1, 0.15) is 5.58 Å². The number of hydrogen-bond acceptors (Lipinski definition) is 4. The summed E-state index contributed by atoms with van der Waals surface area (Å²) in [5.74, 6) is -0.543. The Morgan fingerprint density at radius 1 is 1.08 bits per heavy atom. The molecule has 0 spiro atoms. The lowest BCUT2D eigenvalue weighted by atomic mass is 10.1. The van der Waals surface area contributed by atoms with Crippen LogP contribution >= 0.6 is 0 Å². The number of rotatable bonds is 7. The minimum Gasteiger partial charge on any atom is -0.464 e. The lowest BCUT2D eigenvalue weighted by molar-refractivity contribution is -0.124. The molecular formula is C20H20N2O3. The third kappa shape index (κ3) is 4.79. The van der Waals surface area contributed by atoms with Crippen molar-refractivity contribution in [2.24, 2.45) is 0 Å². The number of fused-ring (bicyclic) bond motifs is 1. The van der Waals surface area contributed by atoms with Crippen molar-refractivity contribution in [3.05, 3.63) is 77.6 Å². The molecule has 0 unspecified atom stereocenters. The van der Waals surface area contributed by atoms with Crippen molar-refractivity contribution in [2.75, 3.05) is 6.54 Å². The van der Waals surface area contributed by atoms with Crippen molar-refractivity contribution in [3.8, 4) is 0 Å². The number of hydrogen-bond donors (Lipinski definition) is 3. The van der Waals surface area contributed by atoms with Gasteiger partial charge in [-0.05, 0) is 47.9 Å². The molecule has 25 heavy (non-hydrogen) atoms. The van der Waals surface area contributed by atoms with Crippen LogP contribution in [0.4, 0.5) is 0 Å². The maximum atomic E-state index is 10.9. The highest BCUT2D eigenvalue weighted by Gasteiger charge is 2.00. The van der Waals surface area contributed by atoms with Gasteiger partial charge in [0.2, 0.25) is 0 Å². The Balaban J connectivity index is 1.45. The average molecular weight is 336 g/mol. The minimum absolute atomic E-state index is 0.543. The molecule has 0 saturated carbocycles.